The third-order valence-corrected chi connectivity index (χ3v) is 3.07. The Balaban J connectivity index is 1.92. The van der Waals surface area contributed by atoms with Crippen LogP contribution in [0.1, 0.15) is 18.9 Å². The Morgan fingerprint density at radius 2 is 2.06 bits per heavy atom. The third-order valence-electron chi connectivity index (χ3n) is 3.07. The van der Waals surface area contributed by atoms with Gasteiger partial charge >= 0.3 is 0 Å². The summed E-state index contributed by atoms with van der Waals surface area (Å²) in [5.74, 6) is 0.869. The van der Waals surface area contributed by atoms with Crippen LogP contribution in [-0.2, 0) is 11.2 Å². The van der Waals surface area contributed by atoms with Crippen LogP contribution in [0.25, 0.3) is 0 Å². The quantitative estimate of drug-likeness (QED) is 0.811. The first-order valence-corrected chi connectivity index (χ1v) is 5.71. The predicted molar refractivity (Wildman–Crippen MR) is 63.1 cm³/mol. The second-order valence-corrected chi connectivity index (χ2v) is 4.48. The highest BCUT2D eigenvalue weighted by Crippen LogP contribution is 2.38. The van der Waals surface area contributed by atoms with Gasteiger partial charge in [0.15, 0.2) is 0 Å². The van der Waals surface area contributed by atoms with Gasteiger partial charge in [-0.15, -0.1) is 0 Å². The van der Waals surface area contributed by atoms with Gasteiger partial charge in [-0.3, -0.25) is 4.79 Å². The highest BCUT2D eigenvalue weighted by Gasteiger charge is 2.38. The molecule has 0 saturated heterocycles. The smallest absolute Gasteiger partial charge is 0.227 e. The Morgan fingerprint density at radius 1 is 1.44 bits per heavy atom. The molecule has 1 amide bonds. The SMILES string of the molecule is CC1CC1C(=O)Nc1ccc(CCO)cc1. The summed E-state index contributed by atoms with van der Waals surface area (Å²) in [6, 6.07) is 7.64. The number of hydrogen-bond donors (Lipinski definition) is 2. The number of aliphatic hydroxyl groups excluding tert-OH is 1. The molecule has 1 aliphatic rings. The maximum Gasteiger partial charge on any atom is 0.227 e. The van der Waals surface area contributed by atoms with Crippen LogP contribution in [0, 0.1) is 11.8 Å². The van der Waals surface area contributed by atoms with Crippen LogP contribution in [0.2, 0.25) is 0 Å². The summed E-state index contributed by atoms with van der Waals surface area (Å²) in [5, 5.41) is 11.7. The zero-order valence-corrected chi connectivity index (χ0v) is 9.44. The lowest BCUT2D eigenvalue weighted by Gasteiger charge is -2.05. The number of aliphatic hydroxyl groups is 1. The molecule has 0 radical (unpaired) electrons. The van der Waals surface area contributed by atoms with Gasteiger partial charge < -0.3 is 10.4 Å². The van der Waals surface area contributed by atoms with Crippen molar-refractivity contribution in [1.82, 2.24) is 0 Å². The molecule has 0 aliphatic heterocycles. The maximum atomic E-state index is 11.6. The Bertz CT molecular complexity index is 372. The van der Waals surface area contributed by atoms with Gasteiger partial charge in [0.1, 0.15) is 0 Å². The lowest BCUT2D eigenvalue weighted by atomic mass is 10.1. The van der Waals surface area contributed by atoms with Crippen LogP contribution in [0.15, 0.2) is 24.3 Å². The van der Waals surface area contributed by atoms with Gasteiger partial charge in [0.25, 0.3) is 0 Å². The molecular weight excluding hydrogens is 202 g/mol. The van der Waals surface area contributed by atoms with E-state index in [0.29, 0.717) is 12.3 Å². The fraction of sp³-hybridized carbons (Fsp3) is 0.462. The Kier molecular flexibility index (Phi) is 3.25. The molecule has 16 heavy (non-hydrogen) atoms. The first kappa shape index (κ1) is 11.1. The molecule has 0 bridgehead atoms. The molecule has 3 nitrogen and oxygen atoms in total. The molecule has 2 N–H and O–H groups in total. The molecule has 0 spiro atoms. The molecule has 1 aliphatic carbocycles. The Labute approximate surface area is 95.5 Å². The summed E-state index contributed by atoms with van der Waals surface area (Å²) in [5.41, 5.74) is 1.92. The average Bonchev–Trinajstić information content (AvgIpc) is 2.99. The van der Waals surface area contributed by atoms with Crippen molar-refractivity contribution in [3.05, 3.63) is 29.8 Å². The molecule has 86 valence electrons. The van der Waals surface area contributed by atoms with Crippen LogP contribution >= 0.6 is 0 Å². The van der Waals surface area contributed by atoms with Crippen LogP contribution in [0.4, 0.5) is 5.69 Å². The van der Waals surface area contributed by atoms with E-state index in [2.05, 4.69) is 12.2 Å². The minimum atomic E-state index is 0.127. The summed E-state index contributed by atoms with van der Waals surface area (Å²) in [7, 11) is 0. The molecule has 2 unspecified atom stereocenters. The number of nitrogens with one attached hydrogen (secondary N) is 1. The summed E-state index contributed by atoms with van der Waals surface area (Å²) < 4.78 is 0. The zero-order valence-electron chi connectivity index (χ0n) is 9.44. The van der Waals surface area contributed by atoms with Crippen molar-refractivity contribution in [3.8, 4) is 0 Å². The molecule has 2 atom stereocenters. The van der Waals surface area contributed by atoms with E-state index in [1.807, 2.05) is 24.3 Å². The van der Waals surface area contributed by atoms with Gasteiger partial charge in [0.05, 0.1) is 0 Å². The number of carbonyl (C=O) groups is 1. The van der Waals surface area contributed by atoms with Gasteiger partial charge in [0.2, 0.25) is 5.91 Å². The van der Waals surface area contributed by atoms with Crippen LogP contribution in [-0.4, -0.2) is 17.6 Å². The second-order valence-electron chi connectivity index (χ2n) is 4.48. The van der Waals surface area contributed by atoms with E-state index < -0.39 is 0 Å². The zero-order chi connectivity index (χ0) is 11.5. The standard InChI is InChI=1S/C13H17NO2/c1-9-8-12(9)13(16)14-11-4-2-10(3-5-11)6-7-15/h2-5,9,12,15H,6-8H2,1H3,(H,14,16). The first-order valence-electron chi connectivity index (χ1n) is 5.71. The molecule has 1 fully saturated rings. The average molecular weight is 219 g/mol. The molecule has 0 heterocycles. The third kappa shape index (κ3) is 2.61. The molecule has 1 aromatic carbocycles. The lowest BCUT2D eigenvalue weighted by molar-refractivity contribution is -0.117. The van der Waals surface area contributed by atoms with Gasteiger partial charge in [-0.05, 0) is 36.5 Å². The van der Waals surface area contributed by atoms with Gasteiger partial charge in [-0.1, -0.05) is 19.1 Å². The molecule has 2 rings (SSSR count). The van der Waals surface area contributed by atoms with Crippen molar-refractivity contribution in [2.75, 3.05) is 11.9 Å². The van der Waals surface area contributed by atoms with Crippen molar-refractivity contribution < 1.29 is 9.90 Å². The highest BCUT2D eigenvalue weighted by molar-refractivity contribution is 5.94. The van der Waals surface area contributed by atoms with Gasteiger partial charge in [-0.25, -0.2) is 0 Å². The van der Waals surface area contributed by atoms with Gasteiger partial charge in [0, 0.05) is 18.2 Å². The maximum absolute atomic E-state index is 11.6. The Morgan fingerprint density at radius 3 is 2.56 bits per heavy atom. The number of amides is 1. The summed E-state index contributed by atoms with van der Waals surface area (Å²) in [4.78, 5) is 11.6. The van der Waals surface area contributed by atoms with Crippen molar-refractivity contribution in [2.24, 2.45) is 11.8 Å². The number of carbonyl (C=O) groups excluding carboxylic acids is 1. The predicted octanol–water partition coefficient (Wildman–Crippen LogP) is 1.82. The molecular formula is C13H17NO2. The number of anilines is 1. The van der Waals surface area contributed by atoms with Crippen LogP contribution < -0.4 is 5.32 Å². The molecule has 0 aromatic heterocycles. The number of benzene rings is 1. The van der Waals surface area contributed by atoms with Crippen molar-refractivity contribution in [1.29, 1.82) is 0 Å². The number of rotatable bonds is 4. The summed E-state index contributed by atoms with van der Waals surface area (Å²) in [6.45, 7) is 2.25. The largest absolute Gasteiger partial charge is 0.396 e. The van der Waals surface area contributed by atoms with E-state index >= 15 is 0 Å². The van der Waals surface area contributed by atoms with E-state index in [9.17, 15) is 4.79 Å². The van der Waals surface area contributed by atoms with Crippen molar-refractivity contribution in [3.63, 3.8) is 0 Å². The van der Waals surface area contributed by atoms with E-state index in [0.717, 1.165) is 17.7 Å². The molecule has 1 aromatic rings. The minimum absolute atomic E-state index is 0.127. The van der Waals surface area contributed by atoms with E-state index in [4.69, 9.17) is 5.11 Å². The molecule has 3 heteroatoms. The molecule has 1 saturated carbocycles. The summed E-state index contributed by atoms with van der Waals surface area (Å²) >= 11 is 0. The minimum Gasteiger partial charge on any atom is -0.396 e. The van der Waals surface area contributed by atoms with E-state index in [1.54, 1.807) is 0 Å². The monoisotopic (exact) mass is 219 g/mol. The normalized spacial score (nSPS) is 22.9. The topological polar surface area (TPSA) is 49.3 Å². The first-order chi connectivity index (χ1) is 7.70. The van der Waals surface area contributed by atoms with Crippen LogP contribution in [0.3, 0.4) is 0 Å². The van der Waals surface area contributed by atoms with Crippen LogP contribution in [0.5, 0.6) is 0 Å². The fourth-order valence-electron chi connectivity index (χ4n) is 1.81. The highest BCUT2D eigenvalue weighted by atomic mass is 16.2. The summed E-state index contributed by atoms with van der Waals surface area (Å²) in [6.07, 6.45) is 1.67. The Hall–Kier alpha value is -1.35. The van der Waals surface area contributed by atoms with Gasteiger partial charge in [-0.2, -0.15) is 0 Å². The second kappa shape index (κ2) is 4.66. The fourth-order valence-corrected chi connectivity index (χ4v) is 1.81. The number of hydrogen-bond acceptors (Lipinski definition) is 2. The van der Waals surface area contributed by atoms with E-state index in [1.165, 1.54) is 0 Å². The van der Waals surface area contributed by atoms with Crippen molar-refractivity contribution in [2.45, 2.75) is 19.8 Å². The van der Waals surface area contributed by atoms with Crippen molar-refractivity contribution >= 4 is 11.6 Å². The lowest BCUT2D eigenvalue weighted by Crippen LogP contribution is -2.14. The van der Waals surface area contributed by atoms with E-state index in [-0.39, 0.29) is 18.4 Å².